The average Bonchev–Trinajstić information content (AvgIpc) is 2.39. The van der Waals surface area contributed by atoms with Crippen LogP contribution in [0.3, 0.4) is 0 Å². The van der Waals surface area contributed by atoms with E-state index in [0.717, 1.165) is 30.5 Å². The Morgan fingerprint density at radius 1 is 1.06 bits per heavy atom. The quantitative estimate of drug-likeness (QED) is 0.798. The molecule has 1 atom stereocenters. The molecule has 4 nitrogen and oxygen atoms in total. The van der Waals surface area contributed by atoms with Crippen LogP contribution in [0.2, 0.25) is 0 Å². The van der Waals surface area contributed by atoms with Gasteiger partial charge < -0.3 is 11.5 Å². The summed E-state index contributed by atoms with van der Waals surface area (Å²) < 4.78 is 0. The fourth-order valence-corrected chi connectivity index (χ4v) is 2.67. The van der Waals surface area contributed by atoms with Crippen molar-refractivity contribution in [2.24, 2.45) is 0 Å². The third kappa shape index (κ3) is 1.90. The van der Waals surface area contributed by atoms with E-state index in [1.165, 1.54) is 5.56 Å². The lowest BCUT2D eigenvalue weighted by molar-refractivity contribution is 0.574. The van der Waals surface area contributed by atoms with Gasteiger partial charge in [-0.05, 0) is 30.7 Å². The van der Waals surface area contributed by atoms with Gasteiger partial charge in [0.25, 0.3) is 0 Å². The number of aryl methyl sites for hydroxylation is 1. The molecule has 1 aromatic carbocycles. The van der Waals surface area contributed by atoms with Gasteiger partial charge in [0.2, 0.25) is 5.95 Å². The predicted octanol–water partition coefficient (Wildman–Crippen LogP) is 1.91. The summed E-state index contributed by atoms with van der Waals surface area (Å²) in [5.74, 6) is 1.33. The number of fused-ring (bicyclic) bond motifs is 1. The molecule has 4 N–H and O–H groups in total. The van der Waals surface area contributed by atoms with Gasteiger partial charge in [-0.3, -0.25) is 0 Å². The van der Waals surface area contributed by atoms with E-state index in [-0.39, 0.29) is 5.95 Å². The Kier molecular flexibility index (Phi) is 2.63. The Hall–Kier alpha value is -2.10. The molecule has 1 aliphatic rings. The van der Waals surface area contributed by atoms with Crippen LogP contribution < -0.4 is 11.5 Å². The van der Waals surface area contributed by atoms with E-state index in [0.29, 0.717) is 11.7 Å². The number of hydrogen-bond donors (Lipinski definition) is 2. The molecule has 0 fully saturated rings. The van der Waals surface area contributed by atoms with Crippen molar-refractivity contribution in [3.63, 3.8) is 0 Å². The van der Waals surface area contributed by atoms with Crippen LogP contribution in [-0.4, -0.2) is 9.97 Å². The lowest BCUT2D eigenvalue weighted by Gasteiger charge is -2.25. The van der Waals surface area contributed by atoms with Crippen LogP contribution >= 0.6 is 0 Å². The fourth-order valence-electron chi connectivity index (χ4n) is 2.67. The molecule has 0 saturated carbocycles. The minimum Gasteiger partial charge on any atom is -0.383 e. The van der Waals surface area contributed by atoms with Crippen LogP contribution in [-0.2, 0) is 12.8 Å². The Bertz CT molecular complexity index is 566. The van der Waals surface area contributed by atoms with Crippen LogP contribution in [0.4, 0.5) is 11.8 Å². The molecule has 4 heteroatoms. The molecule has 0 saturated heterocycles. The van der Waals surface area contributed by atoms with Gasteiger partial charge in [-0.15, -0.1) is 0 Å². The summed E-state index contributed by atoms with van der Waals surface area (Å²) in [5, 5.41) is 0. The second kappa shape index (κ2) is 4.29. The molecule has 0 bridgehead atoms. The molecule has 0 unspecified atom stereocenters. The second-order valence-electron chi connectivity index (χ2n) is 4.74. The third-order valence-electron chi connectivity index (χ3n) is 3.59. The highest BCUT2D eigenvalue weighted by Gasteiger charge is 2.23. The summed E-state index contributed by atoms with van der Waals surface area (Å²) in [6.07, 6.45) is 2.92. The largest absolute Gasteiger partial charge is 0.383 e. The zero-order valence-corrected chi connectivity index (χ0v) is 10.1. The number of rotatable bonds is 1. The first-order chi connectivity index (χ1) is 8.74. The molecule has 92 valence electrons. The smallest absolute Gasteiger partial charge is 0.222 e. The van der Waals surface area contributed by atoms with Gasteiger partial charge in [-0.1, -0.05) is 30.3 Å². The van der Waals surface area contributed by atoms with Crippen molar-refractivity contribution in [1.29, 1.82) is 0 Å². The topological polar surface area (TPSA) is 77.8 Å². The van der Waals surface area contributed by atoms with Gasteiger partial charge in [-0.25, -0.2) is 4.98 Å². The van der Waals surface area contributed by atoms with Crippen molar-refractivity contribution < 1.29 is 0 Å². The highest BCUT2D eigenvalue weighted by molar-refractivity contribution is 5.48. The van der Waals surface area contributed by atoms with E-state index >= 15 is 0 Å². The molecule has 18 heavy (non-hydrogen) atoms. The number of aromatic nitrogens is 2. The Morgan fingerprint density at radius 2 is 1.83 bits per heavy atom. The van der Waals surface area contributed by atoms with Gasteiger partial charge in [0.05, 0.1) is 5.69 Å². The SMILES string of the molecule is Nc1nc(N)c2c(n1)CC[C@@H](c1ccccc1)C2. The van der Waals surface area contributed by atoms with E-state index < -0.39 is 0 Å². The molecule has 1 heterocycles. The summed E-state index contributed by atoms with van der Waals surface area (Å²) >= 11 is 0. The lowest BCUT2D eigenvalue weighted by atomic mass is 9.82. The summed E-state index contributed by atoms with van der Waals surface area (Å²) in [6, 6.07) is 10.5. The van der Waals surface area contributed by atoms with Crippen molar-refractivity contribution in [3.05, 3.63) is 47.2 Å². The number of benzene rings is 1. The van der Waals surface area contributed by atoms with Crippen molar-refractivity contribution in [2.45, 2.75) is 25.2 Å². The molecule has 2 aromatic rings. The van der Waals surface area contributed by atoms with E-state index in [4.69, 9.17) is 11.5 Å². The number of anilines is 2. The van der Waals surface area contributed by atoms with Gasteiger partial charge in [0.1, 0.15) is 5.82 Å². The molecular weight excluding hydrogens is 224 g/mol. The molecule has 1 aliphatic carbocycles. The standard InChI is InChI=1S/C14H16N4/c15-13-11-8-10(9-4-2-1-3-5-9)6-7-12(11)17-14(16)18-13/h1-5,10H,6-8H2,(H4,15,16,17,18)/t10-/m1/s1. The first kappa shape index (κ1) is 11.0. The third-order valence-corrected chi connectivity index (χ3v) is 3.59. The first-order valence-electron chi connectivity index (χ1n) is 6.19. The lowest BCUT2D eigenvalue weighted by Crippen LogP contribution is -2.18. The molecule has 1 aromatic heterocycles. The number of nitrogen functional groups attached to an aromatic ring is 2. The maximum atomic E-state index is 5.95. The zero-order chi connectivity index (χ0) is 12.5. The number of hydrogen-bond acceptors (Lipinski definition) is 4. The maximum Gasteiger partial charge on any atom is 0.222 e. The van der Waals surface area contributed by atoms with Crippen LogP contribution in [0.1, 0.15) is 29.2 Å². The molecule has 3 rings (SSSR count). The molecule has 0 radical (unpaired) electrons. The summed E-state index contributed by atoms with van der Waals surface area (Å²) in [6.45, 7) is 0. The minimum atomic E-state index is 0.282. The highest BCUT2D eigenvalue weighted by atomic mass is 15.0. The summed E-state index contributed by atoms with van der Waals surface area (Å²) in [5.41, 5.74) is 15.0. The van der Waals surface area contributed by atoms with Crippen LogP contribution in [0.15, 0.2) is 30.3 Å². The molecule has 0 amide bonds. The minimum absolute atomic E-state index is 0.282. The Morgan fingerprint density at radius 3 is 2.61 bits per heavy atom. The second-order valence-corrected chi connectivity index (χ2v) is 4.74. The van der Waals surface area contributed by atoms with Crippen LogP contribution in [0, 0.1) is 0 Å². The molecule has 0 spiro atoms. The van der Waals surface area contributed by atoms with Crippen LogP contribution in [0.5, 0.6) is 0 Å². The maximum absolute atomic E-state index is 5.95. The van der Waals surface area contributed by atoms with E-state index in [1.54, 1.807) is 0 Å². The Labute approximate surface area is 106 Å². The number of nitrogens with two attached hydrogens (primary N) is 2. The van der Waals surface area contributed by atoms with E-state index in [1.807, 2.05) is 6.07 Å². The fraction of sp³-hybridized carbons (Fsp3) is 0.286. The van der Waals surface area contributed by atoms with Gasteiger partial charge in [0, 0.05) is 5.56 Å². The number of nitrogens with zero attached hydrogens (tertiary/aromatic N) is 2. The normalized spacial score (nSPS) is 18.3. The zero-order valence-electron chi connectivity index (χ0n) is 10.1. The molecular formula is C14H16N4. The van der Waals surface area contributed by atoms with Crippen molar-refractivity contribution in [2.75, 3.05) is 11.5 Å². The van der Waals surface area contributed by atoms with Crippen molar-refractivity contribution in [3.8, 4) is 0 Å². The van der Waals surface area contributed by atoms with E-state index in [2.05, 4.69) is 34.2 Å². The molecule has 0 aliphatic heterocycles. The van der Waals surface area contributed by atoms with Crippen molar-refractivity contribution in [1.82, 2.24) is 9.97 Å². The monoisotopic (exact) mass is 240 g/mol. The van der Waals surface area contributed by atoms with Gasteiger partial charge >= 0.3 is 0 Å². The van der Waals surface area contributed by atoms with Crippen LogP contribution in [0.25, 0.3) is 0 Å². The van der Waals surface area contributed by atoms with Gasteiger partial charge in [-0.2, -0.15) is 4.98 Å². The Balaban J connectivity index is 1.94. The highest BCUT2D eigenvalue weighted by Crippen LogP contribution is 2.33. The first-order valence-corrected chi connectivity index (χ1v) is 6.19. The van der Waals surface area contributed by atoms with E-state index in [9.17, 15) is 0 Å². The summed E-state index contributed by atoms with van der Waals surface area (Å²) in [7, 11) is 0. The van der Waals surface area contributed by atoms with Crippen molar-refractivity contribution >= 4 is 11.8 Å². The predicted molar refractivity (Wildman–Crippen MR) is 72.1 cm³/mol. The average molecular weight is 240 g/mol. The van der Waals surface area contributed by atoms with Gasteiger partial charge in [0.15, 0.2) is 0 Å². The summed E-state index contributed by atoms with van der Waals surface area (Å²) in [4.78, 5) is 8.35.